The summed E-state index contributed by atoms with van der Waals surface area (Å²) in [7, 11) is 1.89. The summed E-state index contributed by atoms with van der Waals surface area (Å²) in [6, 6.07) is 10.2. The molecule has 1 N–H and O–H groups in total. The first kappa shape index (κ1) is 11.7. The van der Waals surface area contributed by atoms with Crippen molar-refractivity contribution in [2.45, 2.75) is 18.8 Å². The number of nitrogens with one attached hydrogen (secondary N) is 1. The molecule has 0 spiro atoms. The molecule has 3 rings (SSSR count). The number of hydrogen-bond donors (Lipinski definition) is 1. The van der Waals surface area contributed by atoms with Crippen molar-refractivity contribution in [3.8, 4) is 11.4 Å². The van der Waals surface area contributed by atoms with Gasteiger partial charge in [-0.05, 0) is 25.0 Å². The van der Waals surface area contributed by atoms with E-state index in [-0.39, 0.29) is 0 Å². The van der Waals surface area contributed by atoms with Crippen molar-refractivity contribution < 1.29 is 0 Å². The van der Waals surface area contributed by atoms with Crippen LogP contribution in [0, 0.1) is 0 Å². The summed E-state index contributed by atoms with van der Waals surface area (Å²) in [5.74, 6) is 2.32. The van der Waals surface area contributed by atoms with Gasteiger partial charge in [0, 0.05) is 34.8 Å². The van der Waals surface area contributed by atoms with Crippen molar-refractivity contribution in [2.75, 3.05) is 12.4 Å². The molecule has 1 heterocycles. The zero-order valence-corrected chi connectivity index (χ0v) is 11.7. The summed E-state index contributed by atoms with van der Waals surface area (Å²) in [6.45, 7) is 0. The normalized spacial score (nSPS) is 14.6. The molecule has 0 bridgehead atoms. The Morgan fingerprint density at radius 2 is 2.06 bits per heavy atom. The Balaban J connectivity index is 2.07. The molecular weight excluding hydrogens is 290 g/mol. The molecule has 0 radical (unpaired) electrons. The third kappa shape index (κ3) is 2.38. The van der Waals surface area contributed by atoms with Gasteiger partial charge in [-0.2, -0.15) is 0 Å². The van der Waals surface area contributed by atoms with E-state index in [1.165, 1.54) is 12.8 Å². The third-order valence-corrected chi connectivity index (χ3v) is 3.57. The van der Waals surface area contributed by atoms with Crippen LogP contribution in [0.2, 0.25) is 0 Å². The number of nitrogens with zero attached hydrogens (tertiary/aromatic N) is 2. The van der Waals surface area contributed by atoms with E-state index in [0.29, 0.717) is 5.92 Å². The van der Waals surface area contributed by atoms with Crippen LogP contribution < -0.4 is 5.32 Å². The number of aromatic nitrogens is 2. The van der Waals surface area contributed by atoms with Gasteiger partial charge in [0.25, 0.3) is 0 Å². The van der Waals surface area contributed by atoms with Crippen LogP contribution in [0.15, 0.2) is 34.8 Å². The molecule has 92 valence electrons. The Kier molecular flexibility index (Phi) is 3.04. The van der Waals surface area contributed by atoms with Crippen LogP contribution in [0.1, 0.15) is 24.5 Å². The van der Waals surface area contributed by atoms with E-state index in [9.17, 15) is 0 Å². The quantitative estimate of drug-likeness (QED) is 0.936. The largest absolute Gasteiger partial charge is 0.373 e. The highest BCUT2D eigenvalue weighted by atomic mass is 79.9. The van der Waals surface area contributed by atoms with Gasteiger partial charge in [-0.3, -0.25) is 0 Å². The second-order valence-electron chi connectivity index (χ2n) is 4.54. The van der Waals surface area contributed by atoms with Crippen LogP contribution in [0.5, 0.6) is 0 Å². The molecule has 2 aromatic rings. The van der Waals surface area contributed by atoms with Gasteiger partial charge in [0.1, 0.15) is 5.82 Å². The highest BCUT2D eigenvalue weighted by molar-refractivity contribution is 9.10. The molecule has 3 nitrogen and oxygen atoms in total. The minimum Gasteiger partial charge on any atom is -0.373 e. The Morgan fingerprint density at radius 1 is 1.22 bits per heavy atom. The highest BCUT2D eigenvalue weighted by Gasteiger charge is 2.26. The smallest absolute Gasteiger partial charge is 0.161 e. The lowest BCUT2D eigenvalue weighted by Gasteiger charge is -2.07. The molecule has 0 atom stereocenters. The SMILES string of the molecule is CNc1cc(C2CC2)nc(-c2cccc(Br)c2)n1. The molecular formula is C14H14BrN3. The van der Waals surface area contributed by atoms with E-state index in [1.807, 2.05) is 31.3 Å². The Hall–Kier alpha value is -1.42. The third-order valence-electron chi connectivity index (χ3n) is 3.08. The molecule has 1 saturated carbocycles. The molecule has 18 heavy (non-hydrogen) atoms. The zero-order valence-electron chi connectivity index (χ0n) is 10.2. The van der Waals surface area contributed by atoms with Gasteiger partial charge in [-0.25, -0.2) is 9.97 Å². The first-order valence-corrected chi connectivity index (χ1v) is 6.88. The maximum atomic E-state index is 4.68. The summed E-state index contributed by atoms with van der Waals surface area (Å²) in [6.07, 6.45) is 2.50. The van der Waals surface area contributed by atoms with Crippen LogP contribution in [-0.4, -0.2) is 17.0 Å². The second-order valence-corrected chi connectivity index (χ2v) is 5.45. The van der Waals surface area contributed by atoms with Gasteiger partial charge in [0.15, 0.2) is 5.82 Å². The molecule has 0 saturated heterocycles. The average Bonchev–Trinajstić information content (AvgIpc) is 3.22. The monoisotopic (exact) mass is 303 g/mol. The summed E-state index contributed by atoms with van der Waals surface area (Å²) >= 11 is 3.48. The van der Waals surface area contributed by atoms with Gasteiger partial charge >= 0.3 is 0 Å². The minimum atomic E-state index is 0.631. The van der Waals surface area contributed by atoms with E-state index in [4.69, 9.17) is 0 Å². The van der Waals surface area contributed by atoms with Gasteiger partial charge < -0.3 is 5.32 Å². The fourth-order valence-corrected chi connectivity index (χ4v) is 2.34. The molecule has 1 aliphatic rings. The van der Waals surface area contributed by atoms with E-state index < -0.39 is 0 Å². The Labute approximate surface area is 115 Å². The van der Waals surface area contributed by atoms with Crippen LogP contribution in [0.3, 0.4) is 0 Å². The van der Waals surface area contributed by atoms with Crippen molar-refractivity contribution in [3.05, 3.63) is 40.5 Å². The maximum absolute atomic E-state index is 4.68. The minimum absolute atomic E-state index is 0.631. The second kappa shape index (κ2) is 4.69. The topological polar surface area (TPSA) is 37.8 Å². The lowest BCUT2D eigenvalue weighted by atomic mass is 10.2. The Bertz CT molecular complexity index is 579. The van der Waals surface area contributed by atoms with Crippen molar-refractivity contribution in [3.63, 3.8) is 0 Å². The predicted octanol–water partition coefficient (Wildman–Crippen LogP) is 3.83. The van der Waals surface area contributed by atoms with Crippen molar-refractivity contribution in [1.82, 2.24) is 9.97 Å². The number of anilines is 1. The zero-order chi connectivity index (χ0) is 12.5. The first-order chi connectivity index (χ1) is 8.76. The number of halogens is 1. The van der Waals surface area contributed by atoms with Gasteiger partial charge in [-0.1, -0.05) is 28.1 Å². The molecule has 0 aliphatic heterocycles. The van der Waals surface area contributed by atoms with Crippen LogP contribution in [0.4, 0.5) is 5.82 Å². The predicted molar refractivity (Wildman–Crippen MR) is 76.7 cm³/mol. The van der Waals surface area contributed by atoms with Crippen LogP contribution in [0.25, 0.3) is 11.4 Å². The molecule has 1 fully saturated rings. The number of hydrogen-bond acceptors (Lipinski definition) is 3. The summed E-state index contributed by atoms with van der Waals surface area (Å²) in [5.41, 5.74) is 2.20. The van der Waals surface area contributed by atoms with Crippen LogP contribution >= 0.6 is 15.9 Å². The fraction of sp³-hybridized carbons (Fsp3) is 0.286. The molecule has 0 unspecified atom stereocenters. The number of rotatable bonds is 3. The van der Waals surface area contributed by atoms with E-state index in [1.54, 1.807) is 0 Å². The summed E-state index contributed by atoms with van der Waals surface area (Å²) < 4.78 is 1.05. The molecule has 1 aliphatic carbocycles. The standard InChI is InChI=1S/C14H14BrN3/c1-16-13-8-12(9-5-6-9)17-14(18-13)10-3-2-4-11(15)7-10/h2-4,7-9H,5-6H2,1H3,(H,16,17,18). The maximum Gasteiger partial charge on any atom is 0.161 e. The molecule has 1 aromatic carbocycles. The van der Waals surface area contributed by atoms with E-state index >= 15 is 0 Å². The van der Waals surface area contributed by atoms with Crippen LogP contribution in [-0.2, 0) is 0 Å². The highest BCUT2D eigenvalue weighted by Crippen LogP contribution is 2.40. The molecule has 4 heteroatoms. The lowest BCUT2D eigenvalue weighted by Crippen LogP contribution is -2.00. The lowest BCUT2D eigenvalue weighted by molar-refractivity contribution is 0.994. The fourth-order valence-electron chi connectivity index (χ4n) is 1.94. The Morgan fingerprint density at radius 3 is 2.72 bits per heavy atom. The molecule has 1 aromatic heterocycles. The van der Waals surface area contributed by atoms with E-state index in [2.05, 4.69) is 37.3 Å². The van der Waals surface area contributed by atoms with Crippen molar-refractivity contribution in [2.24, 2.45) is 0 Å². The first-order valence-electron chi connectivity index (χ1n) is 6.09. The van der Waals surface area contributed by atoms with Gasteiger partial charge in [0.2, 0.25) is 0 Å². The molecule has 0 amide bonds. The summed E-state index contributed by atoms with van der Waals surface area (Å²) in [5, 5.41) is 3.11. The van der Waals surface area contributed by atoms with Gasteiger partial charge in [-0.15, -0.1) is 0 Å². The average molecular weight is 304 g/mol. The summed E-state index contributed by atoms with van der Waals surface area (Å²) in [4.78, 5) is 9.21. The van der Waals surface area contributed by atoms with E-state index in [0.717, 1.165) is 27.4 Å². The number of benzene rings is 1. The van der Waals surface area contributed by atoms with Crippen molar-refractivity contribution >= 4 is 21.7 Å². The van der Waals surface area contributed by atoms with Gasteiger partial charge in [0.05, 0.1) is 0 Å². The van der Waals surface area contributed by atoms with Crippen molar-refractivity contribution in [1.29, 1.82) is 0 Å².